The molecule has 0 saturated heterocycles. The van der Waals surface area contributed by atoms with Gasteiger partial charge in [0, 0.05) is 0 Å². The van der Waals surface area contributed by atoms with Crippen LogP contribution in [0.1, 0.15) is 25.7 Å². The van der Waals surface area contributed by atoms with Gasteiger partial charge in [0.05, 0.1) is 0 Å². The van der Waals surface area contributed by atoms with Crippen LogP contribution >= 0.6 is 0 Å². The van der Waals surface area contributed by atoms with Gasteiger partial charge in [-0.2, -0.15) is 0 Å². The highest BCUT2D eigenvalue weighted by molar-refractivity contribution is 4.82. The average Bonchev–Trinajstić information content (AvgIpc) is 2.03. The third kappa shape index (κ3) is 9.44. The standard InChI is InChI=1S/C10H19N/c1-3-4-5-6-7-8-9-10-11-2/h3,7-8,11H,1,4-6,9-10H2,2H3. The van der Waals surface area contributed by atoms with Crippen molar-refractivity contribution in [3.05, 3.63) is 24.8 Å². The predicted molar refractivity (Wildman–Crippen MR) is 51.7 cm³/mol. The lowest BCUT2D eigenvalue weighted by molar-refractivity contribution is 0.801. The quantitative estimate of drug-likeness (QED) is 0.438. The maximum Gasteiger partial charge on any atom is -0.00173 e. The molecule has 0 heterocycles. The van der Waals surface area contributed by atoms with Crippen LogP contribution in [0.5, 0.6) is 0 Å². The van der Waals surface area contributed by atoms with E-state index in [0.29, 0.717) is 0 Å². The van der Waals surface area contributed by atoms with Crippen LogP contribution in [-0.4, -0.2) is 13.6 Å². The minimum Gasteiger partial charge on any atom is -0.319 e. The number of nitrogens with one attached hydrogen (secondary N) is 1. The third-order valence-corrected chi connectivity index (χ3v) is 1.51. The second-order valence-electron chi connectivity index (χ2n) is 2.58. The first-order valence-electron chi connectivity index (χ1n) is 4.32. The highest BCUT2D eigenvalue weighted by Gasteiger charge is 1.79. The van der Waals surface area contributed by atoms with E-state index in [9.17, 15) is 0 Å². The van der Waals surface area contributed by atoms with Crippen molar-refractivity contribution in [2.24, 2.45) is 0 Å². The minimum atomic E-state index is 1.08. The van der Waals surface area contributed by atoms with Crippen molar-refractivity contribution in [1.82, 2.24) is 5.32 Å². The zero-order chi connectivity index (χ0) is 8.36. The van der Waals surface area contributed by atoms with Crippen molar-refractivity contribution in [1.29, 1.82) is 0 Å². The normalized spacial score (nSPS) is 10.6. The first-order chi connectivity index (χ1) is 5.41. The Morgan fingerprint density at radius 3 is 2.55 bits per heavy atom. The molecular formula is C10H19N. The first kappa shape index (κ1) is 10.4. The van der Waals surface area contributed by atoms with E-state index in [4.69, 9.17) is 0 Å². The van der Waals surface area contributed by atoms with Gasteiger partial charge in [-0.15, -0.1) is 6.58 Å². The van der Waals surface area contributed by atoms with E-state index in [1.807, 2.05) is 13.1 Å². The summed E-state index contributed by atoms with van der Waals surface area (Å²) in [5.41, 5.74) is 0. The number of hydrogen-bond acceptors (Lipinski definition) is 1. The van der Waals surface area contributed by atoms with E-state index >= 15 is 0 Å². The van der Waals surface area contributed by atoms with Crippen LogP contribution in [0, 0.1) is 0 Å². The van der Waals surface area contributed by atoms with Crippen LogP contribution in [-0.2, 0) is 0 Å². The molecule has 0 aliphatic heterocycles. The maximum atomic E-state index is 3.67. The smallest absolute Gasteiger partial charge is 0.00173 e. The van der Waals surface area contributed by atoms with Gasteiger partial charge in [-0.25, -0.2) is 0 Å². The number of unbranched alkanes of at least 4 members (excludes halogenated alkanes) is 2. The van der Waals surface area contributed by atoms with Crippen LogP contribution < -0.4 is 5.32 Å². The average molecular weight is 153 g/mol. The van der Waals surface area contributed by atoms with Gasteiger partial charge in [0.1, 0.15) is 0 Å². The molecule has 0 aromatic carbocycles. The Morgan fingerprint density at radius 2 is 1.91 bits per heavy atom. The van der Waals surface area contributed by atoms with E-state index in [-0.39, 0.29) is 0 Å². The van der Waals surface area contributed by atoms with Gasteiger partial charge in [-0.05, 0) is 39.3 Å². The molecule has 0 spiro atoms. The van der Waals surface area contributed by atoms with Crippen molar-refractivity contribution >= 4 is 0 Å². The van der Waals surface area contributed by atoms with Crippen molar-refractivity contribution in [2.45, 2.75) is 25.7 Å². The van der Waals surface area contributed by atoms with Crippen LogP contribution in [0.4, 0.5) is 0 Å². The molecule has 0 fully saturated rings. The molecule has 0 aliphatic carbocycles. The van der Waals surface area contributed by atoms with Crippen LogP contribution in [0.2, 0.25) is 0 Å². The lowest BCUT2D eigenvalue weighted by atomic mass is 10.2. The number of rotatable bonds is 7. The second kappa shape index (κ2) is 9.44. The summed E-state index contributed by atoms with van der Waals surface area (Å²) in [6.07, 6.45) is 11.2. The summed E-state index contributed by atoms with van der Waals surface area (Å²) in [7, 11) is 1.98. The highest BCUT2D eigenvalue weighted by atomic mass is 14.8. The zero-order valence-electron chi connectivity index (χ0n) is 7.47. The molecule has 0 atom stereocenters. The molecule has 11 heavy (non-hydrogen) atoms. The molecule has 0 radical (unpaired) electrons. The molecule has 1 N–H and O–H groups in total. The predicted octanol–water partition coefficient (Wildman–Crippen LogP) is 2.51. The van der Waals surface area contributed by atoms with Gasteiger partial charge < -0.3 is 5.32 Å². The van der Waals surface area contributed by atoms with E-state index in [1.54, 1.807) is 0 Å². The van der Waals surface area contributed by atoms with Gasteiger partial charge in [-0.1, -0.05) is 18.2 Å². The third-order valence-electron chi connectivity index (χ3n) is 1.51. The lowest BCUT2D eigenvalue weighted by Gasteiger charge is -1.91. The molecule has 0 aromatic heterocycles. The number of hydrogen-bond donors (Lipinski definition) is 1. The van der Waals surface area contributed by atoms with Crippen molar-refractivity contribution in [3.8, 4) is 0 Å². The molecule has 1 nitrogen and oxygen atoms in total. The molecule has 0 saturated carbocycles. The lowest BCUT2D eigenvalue weighted by Crippen LogP contribution is -2.05. The Hall–Kier alpha value is -0.560. The summed E-state index contributed by atoms with van der Waals surface area (Å²) in [4.78, 5) is 0. The zero-order valence-corrected chi connectivity index (χ0v) is 7.47. The molecule has 1 heteroatoms. The Bertz CT molecular complexity index is 105. The maximum absolute atomic E-state index is 3.67. The molecule has 0 aromatic rings. The summed E-state index contributed by atoms with van der Waals surface area (Å²) in [5.74, 6) is 0. The monoisotopic (exact) mass is 153 g/mol. The molecule has 0 unspecified atom stereocenters. The van der Waals surface area contributed by atoms with Gasteiger partial charge in [0.25, 0.3) is 0 Å². The van der Waals surface area contributed by atoms with E-state index in [2.05, 4.69) is 24.0 Å². The second-order valence-corrected chi connectivity index (χ2v) is 2.58. The van der Waals surface area contributed by atoms with Crippen molar-refractivity contribution < 1.29 is 0 Å². The molecule has 0 aliphatic rings. The van der Waals surface area contributed by atoms with Crippen LogP contribution in [0.25, 0.3) is 0 Å². The summed E-state index contributed by atoms with van der Waals surface area (Å²) in [5, 5.41) is 3.10. The summed E-state index contributed by atoms with van der Waals surface area (Å²) < 4.78 is 0. The van der Waals surface area contributed by atoms with Crippen LogP contribution in [0.3, 0.4) is 0 Å². The molecule has 64 valence electrons. The topological polar surface area (TPSA) is 12.0 Å². The van der Waals surface area contributed by atoms with E-state index in [1.165, 1.54) is 12.8 Å². The SMILES string of the molecule is C=CCCCC=CCCNC. The van der Waals surface area contributed by atoms with E-state index in [0.717, 1.165) is 19.4 Å². The Kier molecular flexibility index (Phi) is 8.96. The van der Waals surface area contributed by atoms with Crippen molar-refractivity contribution in [2.75, 3.05) is 13.6 Å². The molecule has 0 bridgehead atoms. The van der Waals surface area contributed by atoms with Gasteiger partial charge in [0.2, 0.25) is 0 Å². The molecule has 0 amide bonds. The largest absolute Gasteiger partial charge is 0.319 e. The summed E-state index contributed by atoms with van der Waals surface area (Å²) in [6, 6.07) is 0. The highest BCUT2D eigenvalue weighted by Crippen LogP contribution is 1.97. The number of allylic oxidation sites excluding steroid dienone is 2. The van der Waals surface area contributed by atoms with Gasteiger partial charge in [0.15, 0.2) is 0 Å². The fourth-order valence-corrected chi connectivity index (χ4v) is 0.843. The van der Waals surface area contributed by atoms with Crippen LogP contribution in [0.15, 0.2) is 24.8 Å². The summed E-state index contributed by atoms with van der Waals surface area (Å²) >= 11 is 0. The Balaban J connectivity index is 2.97. The van der Waals surface area contributed by atoms with Crippen molar-refractivity contribution in [3.63, 3.8) is 0 Å². The van der Waals surface area contributed by atoms with E-state index < -0.39 is 0 Å². The first-order valence-corrected chi connectivity index (χ1v) is 4.32. The fraction of sp³-hybridized carbons (Fsp3) is 0.600. The minimum absolute atomic E-state index is 1.08. The molecular weight excluding hydrogens is 134 g/mol. The Morgan fingerprint density at radius 1 is 1.18 bits per heavy atom. The van der Waals surface area contributed by atoms with Gasteiger partial charge in [-0.3, -0.25) is 0 Å². The Labute approximate surface area is 70.2 Å². The molecule has 0 rings (SSSR count). The van der Waals surface area contributed by atoms with Gasteiger partial charge >= 0.3 is 0 Å². The summed E-state index contributed by atoms with van der Waals surface area (Å²) in [6.45, 7) is 4.76. The fourth-order valence-electron chi connectivity index (χ4n) is 0.843.